The first kappa shape index (κ1) is 29.3. The molecule has 0 radical (unpaired) electrons. The van der Waals surface area contributed by atoms with Crippen molar-refractivity contribution in [3.8, 4) is 51.6 Å². The van der Waals surface area contributed by atoms with Crippen molar-refractivity contribution in [1.82, 2.24) is 0 Å². The zero-order chi connectivity index (χ0) is 31.3. The highest BCUT2D eigenvalue weighted by atomic mass is 16.6. The molecule has 0 saturated carbocycles. The number of carbonyl (C=O) groups is 1. The first-order valence-corrected chi connectivity index (χ1v) is 12.4. The molecule has 0 unspecified atom stereocenters. The highest BCUT2D eigenvalue weighted by Crippen LogP contribution is 2.41. The topological polar surface area (TPSA) is 268 Å². The number of ether oxygens (including phenoxy) is 2. The molecule has 0 bridgehead atoms. The van der Waals surface area contributed by atoms with Crippen LogP contribution in [0.25, 0.3) is 22.3 Å². The van der Waals surface area contributed by atoms with E-state index in [1.807, 2.05) is 0 Å². The van der Waals surface area contributed by atoms with Gasteiger partial charge in [0.2, 0.25) is 5.43 Å². The average Bonchev–Trinajstić information content (AvgIpc) is 2.95. The summed E-state index contributed by atoms with van der Waals surface area (Å²) in [5.74, 6) is -6.39. The maximum atomic E-state index is 13.8. The Labute approximate surface area is 239 Å². The molecule has 1 saturated heterocycles. The molecule has 1 aliphatic rings. The Morgan fingerprint density at radius 2 is 1.44 bits per heavy atom. The lowest BCUT2D eigenvalue weighted by molar-refractivity contribution is -0.232. The second-order valence-corrected chi connectivity index (χ2v) is 9.74. The highest BCUT2D eigenvalue weighted by Gasteiger charge is 2.47. The van der Waals surface area contributed by atoms with Crippen LogP contribution in [-0.2, 0) is 9.47 Å². The zero-order valence-corrected chi connectivity index (χ0v) is 21.6. The van der Waals surface area contributed by atoms with Crippen molar-refractivity contribution < 1.29 is 69.8 Å². The smallest absolute Gasteiger partial charge is 0.338 e. The number of benzene rings is 3. The molecule has 0 spiro atoms. The van der Waals surface area contributed by atoms with E-state index >= 15 is 0 Å². The lowest BCUT2D eigenvalue weighted by Gasteiger charge is -2.40. The second kappa shape index (κ2) is 10.9. The Kier molecular flexibility index (Phi) is 7.41. The summed E-state index contributed by atoms with van der Waals surface area (Å²) in [6.45, 7) is -0.796. The number of rotatable bonds is 5. The summed E-state index contributed by atoms with van der Waals surface area (Å²) in [5.41, 5.74) is -2.27. The van der Waals surface area contributed by atoms with Crippen LogP contribution in [0.2, 0.25) is 0 Å². The molecule has 5 atom stereocenters. The molecule has 226 valence electrons. The van der Waals surface area contributed by atoms with Gasteiger partial charge in [-0.2, -0.15) is 0 Å². The molecule has 0 amide bonds. The lowest BCUT2D eigenvalue weighted by Crippen LogP contribution is -2.56. The molecule has 1 aromatic heterocycles. The third-order valence-corrected chi connectivity index (χ3v) is 6.91. The van der Waals surface area contributed by atoms with E-state index in [9.17, 15) is 60.7 Å². The first-order valence-electron chi connectivity index (χ1n) is 12.4. The normalized spacial score (nSPS) is 22.0. The third kappa shape index (κ3) is 5.17. The molecular weight excluding hydrogens is 576 g/mol. The van der Waals surface area contributed by atoms with Crippen molar-refractivity contribution in [2.45, 2.75) is 30.5 Å². The van der Waals surface area contributed by atoms with Gasteiger partial charge in [0.1, 0.15) is 65.4 Å². The fraction of sp³-hybridized carbons (Fsp3) is 0.214. The van der Waals surface area contributed by atoms with Crippen molar-refractivity contribution in [2.24, 2.45) is 0 Å². The maximum Gasteiger partial charge on any atom is 0.338 e. The van der Waals surface area contributed by atoms with Crippen LogP contribution in [0.15, 0.2) is 51.7 Å². The second-order valence-electron chi connectivity index (χ2n) is 9.74. The number of aliphatic hydroxyl groups is 3. The fourth-order valence-corrected chi connectivity index (χ4v) is 4.73. The van der Waals surface area contributed by atoms with Crippen LogP contribution in [0.5, 0.6) is 40.2 Å². The summed E-state index contributed by atoms with van der Waals surface area (Å²) in [7, 11) is 0. The molecule has 5 rings (SSSR count). The van der Waals surface area contributed by atoms with Gasteiger partial charge in [0.15, 0.2) is 28.7 Å². The number of fused-ring (bicyclic) bond motifs is 1. The summed E-state index contributed by atoms with van der Waals surface area (Å²) in [4.78, 5) is 26.3. The summed E-state index contributed by atoms with van der Waals surface area (Å²) >= 11 is 0. The molecule has 1 aliphatic heterocycles. The third-order valence-electron chi connectivity index (χ3n) is 6.91. The Bertz CT molecular complexity index is 1770. The van der Waals surface area contributed by atoms with Crippen LogP contribution in [-0.4, -0.2) is 88.1 Å². The Morgan fingerprint density at radius 3 is 2.09 bits per heavy atom. The van der Waals surface area contributed by atoms with E-state index in [0.717, 1.165) is 36.4 Å². The number of aliphatic hydroxyl groups excluding tert-OH is 3. The number of aromatic hydroxyl groups is 7. The van der Waals surface area contributed by atoms with Gasteiger partial charge in [-0.15, -0.1) is 0 Å². The molecular formula is C28H24O15. The minimum Gasteiger partial charge on any atom is -0.508 e. The molecule has 43 heavy (non-hydrogen) atoms. The van der Waals surface area contributed by atoms with Crippen molar-refractivity contribution in [2.75, 3.05) is 6.61 Å². The highest BCUT2D eigenvalue weighted by molar-refractivity contribution is 5.91. The van der Waals surface area contributed by atoms with Crippen molar-refractivity contribution in [3.63, 3.8) is 0 Å². The molecule has 1 fully saturated rings. The van der Waals surface area contributed by atoms with Gasteiger partial charge >= 0.3 is 5.97 Å². The van der Waals surface area contributed by atoms with E-state index in [4.69, 9.17) is 13.9 Å². The van der Waals surface area contributed by atoms with E-state index in [0.29, 0.717) is 0 Å². The monoisotopic (exact) mass is 600 g/mol. The zero-order valence-electron chi connectivity index (χ0n) is 21.6. The fourth-order valence-electron chi connectivity index (χ4n) is 4.73. The molecule has 10 N–H and O–H groups in total. The molecule has 15 nitrogen and oxygen atoms in total. The van der Waals surface area contributed by atoms with Crippen LogP contribution in [0, 0.1) is 0 Å². The minimum absolute atomic E-state index is 0.0431. The number of esters is 1. The van der Waals surface area contributed by atoms with E-state index < -0.39 is 105 Å². The predicted molar refractivity (Wildman–Crippen MR) is 142 cm³/mol. The first-order chi connectivity index (χ1) is 20.3. The SMILES string of the molecule is O=C(OC[C@H]1O[C@@H](c2c(-c3ccc(O)c(O)c3)oc3cc(O)cc(O)c3c2=O)[C@H](O)[C@@H](O)[C@H]1O)c1cc(O)c(O)c(O)c1. The van der Waals surface area contributed by atoms with Crippen LogP contribution < -0.4 is 5.43 Å². The maximum absolute atomic E-state index is 13.8. The lowest BCUT2D eigenvalue weighted by atomic mass is 9.89. The van der Waals surface area contributed by atoms with Gasteiger partial charge < -0.3 is 65.0 Å². The van der Waals surface area contributed by atoms with Gasteiger partial charge in [-0.1, -0.05) is 0 Å². The van der Waals surface area contributed by atoms with Crippen LogP contribution >= 0.6 is 0 Å². The number of phenolic OH excluding ortho intramolecular Hbond substituents is 7. The molecule has 15 heteroatoms. The molecule has 4 aromatic rings. The minimum atomic E-state index is -2.00. The molecule has 0 aliphatic carbocycles. The van der Waals surface area contributed by atoms with Gasteiger partial charge in [0.25, 0.3) is 0 Å². The van der Waals surface area contributed by atoms with Gasteiger partial charge in [-0.05, 0) is 30.3 Å². The van der Waals surface area contributed by atoms with Gasteiger partial charge in [0.05, 0.1) is 11.1 Å². The van der Waals surface area contributed by atoms with Crippen molar-refractivity contribution >= 4 is 16.9 Å². The van der Waals surface area contributed by atoms with E-state index in [1.54, 1.807) is 0 Å². The summed E-state index contributed by atoms with van der Waals surface area (Å²) in [5, 5.41) is 101. The summed E-state index contributed by atoms with van der Waals surface area (Å²) in [6.07, 6.45) is -9.29. The van der Waals surface area contributed by atoms with E-state index in [-0.39, 0.29) is 16.9 Å². The van der Waals surface area contributed by atoms with Gasteiger partial charge in [-0.25, -0.2) is 4.79 Å². The number of carbonyl (C=O) groups excluding carboxylic acids is 1. The van der Waals surface area contributed by atoms with Crippen molar-refractivity contribution in [1.29, 1.82) is 0 Å². The summed E-state index contributed by atoms with van der Waals surface area (Å²) in [6, 6.07) is 6.76. The Morgan fingerprint density at radius 1 is 0.767 bits per heavy atom. The molecule has 3 aromatic carbocycles. The van der Waals surface area contributed by atoms with Gasteiger partial charge in [0, 0.05) is 17.7 Å². The Balaban J connectivity index is 1.57. The number of phenols is 7. The van der Waals surface area contributed by atoms with E-state index in [1.165, 1.54) is 6.07 Å². The van der Waals surface area contributed by atoms with Crippen LogP contribution in [0.1, 0.15) is 22.0 Å². The van der Waals surface area contributed by atoms with Gasteiger partial charge in [-0.3, -0.25) is 4.79 Å². The largest absolute Gasteiger partial charge is 0.508 e. The predicted octanol–water partition coefficient (Wildman–Crippen LogP) is 0.779. The van der Waals surface area contributed by atoms with E-state index in [2.05, 4.69) is 0 Å². The summed E-state index contributed by atoms with van der Waals surface area (Å²) < 4.78 is 16.6. The van der Waals surface area contributed by atoms with Crippen LogP contribution in [0.3, 0.4) is 0 Å². The Hall–Kier alpha value is -5.22. The number of hydrogen-bond donors (Lipinski definition) is 10. The standard InChI is InChI=1S/C28H24O15/c29-11-6-14(32)19-17(7-11)42-26(9-1-2-12(30)13(31)3-9)20(23(19)37)27-25(39)24(38)22(36)18(43-27)8-41-28(40)10-4-15(33)21(35)16(34)5-10/h1-7,18,22,24-25,27,29-36,38-39H,8H2/t18-,22+,24+,25-,27+/m1/s1. The van der Waals surface area contributed by atoms with Crippen molar-refractivity contribution in [3.05, 3.63) is 63.8 Å². The quantitative estimate of drug-likeness (QED) is 0.112. The molecule has 2 heterocycles. The average molecular weight is 600 g/mol. The van der Waals surface area contributed by atoms with Crippen LogP contribution in [0.4, 0.5) is 0 Å². The number of hydrogen-bond acceptors (Lipinski definition) is 15.